The van der Waals surface area contributed by atoms with Gasteiger partial charge in [-0.25, -0.2) is 9.78 Å². The Labute approximate surface area is 119 Å². The first-order chi connectivity index (χ1) is 9.33. The Morgan fingerprint density at radius 3 is 2.70 bits per heavy atom. The smallest absolute Gasteiger partial charge is 0.389 e. The zero-order valence-corrected chi connectivity index (χ0v) is 12.2. The number of esters is 1. The summed E-state index contributed by atoms with van der Waals surface area (Å²) in [4.78, 5) is 16.3. The van der Waals surface area contributed by atoms with Crippen molar-refractivity contribution in [1.82, 2.24) is 4.98 Å². The summed E-state index contributed by atoms with van der Waals surface area (Å²) in [6.45, 7) is 4.12. The third kappa shape index (κ3) is 5.77. The Morgan fingerprint density at radius 2 is 2.10 bits per heavy atom. The fourth-order valence-corrected chi connectivity index (χ4v) is 2.33. The monoisotopic (exact) mass is 310 g/mol. The molecule has 0 aliphatic carbocycles. The molecular weight excluding hydrogens is 293 g/mol. The Balaban J connectivity index is 2.38. The van der Waals surface area contributed by atoms with Gasteiger partial charge >= 0.3 is 12.1 Å². The van der Waals surface area contributed by atoms with Crippen LogP contribution in [-0.4, -0.2) is 30.3 Å². The topological polar surface area (TPSA) is 51.2 Å². The van der Waals surface area contributed by atoms with E-state index in [9.17, 15) is 18.0 Å². The van der Waals surface area contributed by atoms with Gasteiger partial charge in [-0.2, -0.15) is 13.2 Å². The van der Waals surface area contributed by atoms with E-state index >= 15 is 0 Å². The second-order valence-corrected chi connectivity index (χ2v) is 5.35. The Hall–Kier alpha value is -1.31. The van der Waals surface area contributed by atoms with E-state index in [1.807, 2.05) is 0 Å². The van der Waals surface area contributed by atoms with Crippen molar-refractivity contribution in [2.75, 3.05) is 18.5 Å². The number of nitrogens with zero attached hydrogens (tertiary/aromatic N) is 1. The Morgan fingerprint density at radius 1 is 1.40 bits per heavy atom. The van der Waals surface area contributed by atoms with E-state index in [0.29, 0.717) is 18.1 Å². The first-order valence-electron chi connectivity index (χ1n) is 6.28. The van der Waals surface area contributed by atoms with Crippen LogP contribution in [0.15, 0.2) is 0 Å². The average molecular weight is 310 g/mol. The van der Waals surface area contributed by atoms with Crippen LogP contribution in [-0.2, 0) is 4.74 Å². The van der Waals surface area contributed by atoms with Crippen LogP contribution in [0.25, 0.3) is 0 Å². The lowest BCUT2D eigenvalue weighted by atomic mass is 10.2. The number of anilines is 1. The first kappa shape index (κ1) is 16.7. The maximum atomic E-state index is 11.9. The minimum Gasteiger partial charge on any atom is -0.461 e. The number of nitrogens with one attached hydrogen (secondary N) is 1. The van der Waals surface area contributed by atoms with E-state index in [2.05, 4.69) is 10.3 Å². The Bertz CT molecular complexity index is 446. The van der Waals surface area contributed by atoms with Crippen LogP contribution in [0.2, 0.25) is 0 Å². The van der Waals surface area contributed by atoms with Gasteiger partial charge in [-0.05, 0) is 26.7 Å². The molecule has 0 atom stereocenters. The fourth-order valence-electron chi connectivity index (χ4n) is 1.51. The number of aryl methyl sites for hydroxylation is 1. The highest BCUT2D eigenvalue weighted by atomic mass is 32.1. The van der Waals surface area contributed by atoms with Gasteiger partial charge in [0.05, 0.1) is 6.61 Å². The number of alkyl halides is 3. The largest absolute Gasteiger partial charge is 0.461 e. The number of aromatic nitrogens is 1. The molecule has 0 saturated carbocycles. The van der Waals surface area contributed by atoms with E-state index in [1.54, 1.807) is 13.8 Å². The SMILES string of the molecule is CCOC(=O)c1nc(NCCCCC(F)(F)F)sc1C. The fraction of sp³-hybridized carbons (Fsp3) is 0.667. The zero-order chi connectivity index (χ0) is 15.2. The number of ether oxygens (including phenoxy) is 1. The number of carbonyl (C=O) groups is 1. The standard InChI is InChI=1S/C12H17F3N2O2S/c1-3-19-10(18)9-8(2)20-11(17-9)16-7-5-4-6-12(13,14)15/h3-7H2,1-2H3,(H,16,17). The third-order valence-corrected chi connectivity index (χ3v) is 3.36. The van der Waals surface area contributed by atoms with Gasteiger partial charge in [0.1, 0.15) is 0 Å². The van der Waals surface area contributed by atoms with E-state index in [1.165, 1.54) is 11.3 Å². The van der Waals surface area contributed by atoms with Crippen LogP contribution >= 0.6 is 11.3 Å². The van der Waals surface area contributed by atoms with Crippen molar-refractivity contribution in [3.8, 4) is 0 Å². The van der Waals surface area contributed by atoms with Gasteiger partial charge in [0.25, 0.3) is 0 Å². The second kappa shape index (κ2) is 7.47. The summed E-state index contributed by atoms with van der Waals surface area (Å²) in [5.41, 5.74) is 0.259. The molecule has 0 aliphatic rings. The van der Waals surface area contributed by atoms with Crippen LogP contribution in [0.5, 0.6) is 0 Å². The molecule has 0 saturated heterocycles. The molecule has 20 heavy (non-hydrogen) atoms. The summed E-state index contributed by atoms with van der Waals surface area (Å²) >= 11 is 1.29. The quantitative estimate of drug-likeness (QED) is 0.615. The maximum absolute atomic E-state index is 11.9. The van der Waals surface area contributed by atoms with Gasteiger partial charge in [0.2, 0.25) is 0 Å². The molecule has 1 heterocycles. The lowest BCUT2D eigenvalue weighted by molar-refractivity contribution is -0.135. The van der Waals surface area contributed by atoms with Crippen LogP contribution in [0.4, 0.5) is 18.3 Å². The van der Waals surface area contributed by atoms with E-state index in [-0.39, 0.29) is 18.7 Å². The minimum absolute atomic E-state index is 0.0750. The second-order valence-electron chi connectivity index (χ2n) is 4.14. The summed E-state index contributed by atoms with van der Waals surface area (Å²) in [5.74, 6) is -0.480. The van der Waals surface area contributed by atoms with Crippen molar-refractivity contribution >= 4 is 22.4 Å². The molecule has 1 rings (SSSR count). The van der Waals surface area contributed by atoms with Crippen molar-refractivity contribution in [3.05, 3.63) is 10.6 Å². The summed E-state index contributed by atoms with van der Waals surface area (Å²) in [5, 5.41) is 3.45. The number of halogens is 3. The molecule has 1 aromatic heterocycles. The highest BCUT2D eigenvalue weighted by Gasteiger charge is 2.25. The number of thiazole rings is 1. The number of rotatable bonds is 7. The van der Waals surface area contributed by atoms with Gasteiger partial charge in [-0.3, -0.25) is 0 Å². The number of hydrogen-bond donors (Lipinski definition) is 1. The molecule has 0 radical (unpaired) electrons. The molecule has 0 amide bonds. The van der Waals surface area contributed by atoms with Crippen molar-refractivity contribution in [3.63, 3.8) is 0 Å². The summed E-state index contributed by atoms with van der Waals surface area (Å²) in [6.07, 6.45) is -4.41. The molecule has 1 aromatic rings. The Kier molecular flexibility index (Phi) is 6.25. The van der Waals surface area contributed by atoms with Gasteiger partial charge in [0, 0.05) is 17.8 Å². The van der Waals surface area contributed by atoms with E-state index in [0.717, 1.165) is 4.88 Å². The van der Waals surface area contributed by atoms with E-state index in [4.69, 9.17) is 4.74 Å². The van der Waals surface area contributed by atoms with Crippen LogP contribution in [0.3, 0.4) is 0 Å². The average Bonchev–Trinajstić information content (AvgIpc) is 2.69. The molecule has 0 bridgehead atoms. The molecule has 0 aliphatic heterocycles. The lowest BCUT2D eigenvalue weighted by Crippen LogP contribution is -2.09. The molecular formula is C12H17F3N2O2S. The van der Waals surface area contributed by atoms with Gasteiger partial charge in [0.15, 0.2) is 10.8 Å². The zero-order valence-electron chi connectivity index (χ0n) is 11.3. The summed E-state index contributed by atoms with van der Waals surface area (Å²) < 4.78 is 40.7. The summed E-state index contributed by atoms with van der Waals surface area (Å²) in [6, 6.07) is 0. The van der Waals surface area contributed by atoms with Crippen LogP contribution in [0, 0.1) is 6.92 Å². The van der Waals surface area contributed by atoms with Crippen LogP contribution in [0.1, 0.15) is 41.6 Å². The lowest BCUT2D eigenvalue weighted by Gasteiger charge is -2.05. The highest BCUT2D eigenvalue weighted by molar-refractivity contribution is 7.15. The van der Waals surface area contributed by atoms with Crippen molar-refractivity contribution < 1.29 is 22.7 Å². The summed E-state index contributed by atoms with van der Waals surface area (Å²) in [7, 11) is 0. The molecule has 0 spiro atoms. The van der Waals surface area contributed by atoms with Crippen LogP contribution < -0.4 is 5.32 Å². The number of hydrogen-bond acceptors (Lipinski definition) is 5. The van der Waals surface area contributed by atoms with Gasteiger partial charge in [-0.1, -0.05) is 0 Å². The third-order valence-electron chi connectivity index (χ3n) is 2.43. The predicted molar refractivity (Wildman–Crippen MR) is 71.2 cm³/mol. The number of unbranched alkanes of at least 4 members (excludes halogenated alkanes) is 1. The molecule has 0 unspecified atom stereocenters. The van der Waals surface area contributed by atoms with Crippen molar-refractivity contribution in [2.24, 2.45) is 0 Å². The first-order valence-corrected chi connectivity index (χ1v) is 7.10. The van der Waals surface area contributed by atoms with Gasteiger partial charge < -0.3 is 10.1 Å². The highest BCUT2D eigenvalue weighted by Crippen LogP contribution is 2.24. The molecule has 0 aromatic carbocycles. The molecule has 1 N–H and O–H groups in total. The molecule has 114 valence electrons. The maximum Gasteiger partial charge on any atom is 0.389 e. The number of carbonyl (C=O) groups excluding carboxylic acids is 1. The minimum atomic E-state index is -4.10. The van der Waals surface area contributed by atoms with Crippen molar-refractivity contribution in [2.45, 2.75) is 39.3 Å². The van der Waals surface area contributed by atoms with Gasteiger partial charge in [-0.15, -0.1) is 11.3 Å². The van der Waals surface area contributed by atoms with Crippen molar-refractivity contribution in [1.29, 1.82) is 0 Å². The molecule has 4 nitrogen and oxygen atoms in total. The van der Waals surface area contributed by atoms with E-state index < -0.39 is 18.6 Å². The molecule has 8 heteroatoms. The normalized spacial score (nSPS) is 11.4. The molecule has 0 fully saturated rings. The predicted octanol–water partition coefficient (Wildman–Crippen LogP) is 3.77.